The van der Waals surface area contributed by atoms with Crippen LogP contribution < -0.4 is 0 Å². The van der Waals surface area contributed by atoms with E-state index < -0.39 is 5.82 Å². The van der Waals surface area contributed by atoms with Crippen molar-refractivity contribution >= 4 is 11.9 Å². The number of carbonyl (C=O) groups excluding carboxylic acids is 1. The van der Waals surface area contributed by atoms with E-state index in [1.807, 2.05) is 18.2 Å². The normalized spacial score (nSPS) is 14.1. The van der Waals surface area contributed by atoms with Crippen LogP contribution in [0, 0.1) is 12.7 Å². The third kappa shape index (κ3) is 1.75. The standard InChI is InChI=1S/C13H11FO/c1-9-6-11(10-4-2-3-5-10)7-12(8-15)13(9)14/h2-4,6-8H,5H2,1H3. The highest BCUT2D eigenvalue weighted by atomic mass is 19.1. The lowest BCUT2D eigenvalue weighted by atomic mass is 9.99. The molecule has 0 aromatic heterocycles. The summed E-state index contributed by atoms with van der Waals surface area (Å²) < 4.78 is 13.4. The maximum Gasteiger partial charge on any atom is 0.153 e. The Labute approximate surface area is 87.9 Å². The first kappa shape index (κ1) is 9.84. The molecule has 2 heteroatoms. The first-order valence-electron chi connectivity index (χ1n) is 4.84. The van der Waals surface area contributed by atoms with Crippen molar-refractivity contribution in [3.8, 4) is 0 Å². The summed E-state index contributed by atoms with van der Waals surface area (Å²) in [6, 6.07) is 3.38. The SMILES string of the molecule is Cc1cc(C2=CC=CC2)cc(C=O)c1F. The van der Waals surface area contributed by atoms with Crippen molar-refractivity contribution in [1.29, 1.82) is 0 Å². The molecule has 0 aliphatic heterocycles. The lowest BCUT2D eigenvalue weighted by molar-refractivity contribution is 0.111. The molecule has 0 fully saturated rings. The van der Waals surface area contributed by atoms with Gasteiger partial charge in [-0.1, -0.05) is 18.2 Å². The molecule has 1 aromatic carbocycles. The zero-order valence-corrected chi connectivity index (χ0v) is 8.46. The number of allylic oxidation sites excluding steroid dienone is 4. The summed E-state index contributed by atoms with van der Waals surface area (Å²) in [5.41, 5.74) is 2.71. The molecule has 0 bridgehead atoms. The van der Waals surface area contributed by atoms with Gasteiger partial charge in [-0.25, -0.2) is 4.39 Å². The van der Waals surface area contributed by atoms with E-state index in [0.717, 1.165) is 17.6 Å². The van der Waals surface area contributed by atoms with Crippen molar-refractivity contribution in [3.63, 3.8) is 0 Å². The highest BCUT2D eigenvalue weighted by Gasteiger charge is 2.10. The molecular formula is C13H11FO. The van der Waals surface area contributed by atoms with Crippen LogP contribution in [0.4, 0.5) is 4.39 Å². The van der Waals surface area contributed by atoms with Crippen LogP contribution >= 0.6 is 0 Å². The molecular weight excluding hydrogens is 191 g/mol. The fourth-order valence-electron chi connectivity index (χ4n) is 1.73. The van der Waals surface area contributed by atoms with Crippen molar-refractivity contribution in [1.82, 2.24) is 0 Å². The minimum absolute atomic E-state index is 0.137. The van der Waals surface area contributed by atoms with Gasteiger partial charge in [0.05, 0.1) is 5.56 Å². The third-order valence-electron chi connectivity index (χ3n) is 2.55. The van der Waals surface area contributed by atoms with Gasteiger partial charge in [-0.05, 0) is 42.2 Å². The van der Waals surface area contributed by atoms with Crippen LogP contribution in [0.25, 0.3) is 5.57 Å². The molecule has 0 spiro atoms. The largest absolute Gasteiger partial charge is 0.298 e. The average molecular weight is 202 g/mol. The molecule has 0 saturated carbocycles. The van der Waals surface area contributed by atoms with E-state index in [4.69, 9.17) is 0 Å². The van der Waals surface area contributed by atoms with Crippen molar-refractivity contribution in [2.45, 2.75) is 13.3 Å². The maximum absolute atomic E-state index is 13.4. The molecule has 76 valence electrons. The molecule has 1 aromatic rings. The Hall–Kier alpha value is -1.70. The fourth-order valence-corrected chi connectivity index (χ4v) is 1.73. The Morgan fingerprint density at radius 1 is 1.40 bits per heavy atom. The van der Waals surface area contributed by atoms with Gasteiger partial charge in [-0.3, -0.25) is 4.79 Å². The van der Waals surface area contributed by atoms with Gasteiger partial charge in [0.25, 0.3) is 0 Å². The van der Waals surface area contributed by atoms with E-state index in [2.05, 4.69) is 0 Å². The second-order valence-electron chi connectivity index (χ2n) is 3.64. The second kappa shape index (κ2) is 3.81. The number of hydrogen-bond donors (Lipinski definition) is 0. The third-order valence-corrected chi connectivity index (χ3v) is 2.55. The Balaban J connectivity index is 2.50. The summed E-state index contributed by atoms with van der Waals surface area (Å²) in [6.07, 6.45) is 7.41. The molecule has 0 unspecified atom stereocenters. The fraction of sp³-hybridized carbons (Fsp3) is 0.154. The lowest BCUT2D eigenvalue weighted by Gasteiger charge is -2.06. The van der Waals surface area contributed by atoms with Crippen molar-refractivity contribution in [3.05, 3.63) is 52.9 Å². The van der Waals surface area contributed by atoms with Gasteiger partial charge in [0.1, 0.15) is 5.82 Å². The van der Waals surface area contributed by atoms with Crippen LogP contribution in [-0.4, -0.2) is 6.29 Å². The Kier molecular flexibility index (Phi) is 2.50. The number of aryl methyl sites for hydroxylation is 1. The number of halogens is 1. The van der Waals surface area contributed by atoms with Crippen LogP contribution in [0.5, 0.6) is 0 Å². The molecule has 1 nitrogen and oxygen atoms in total. The Bertz CT molecular complexity index is 470. The monoisotopic (exact) mass is 202 g/mol. The summed E-state index contributed by atoms with van der Waals surface area (Å²) in [7, 11) is 0. The van der Waals surface area contributed by atoms with Gasteiger partial charge in [0, 0.05) is 0 Å². The smallest absolute Gasteiger partial charge is 0.153 e. The molecule has 2 rings (SSSR count). The van der Waals surface area contributed by atoms with E-state index in [0.29, 0.717) is 11.8 Å². The zero-order chi connectivity index (χ0) is 10.8. The summed E-state index contributed by atoms with van der Waals surface area (Å²) in [5.74, 6) is -0.416. The summed E-state index contributed by atoms with van der Waals surface area (Å²) in [6.45, 7) is 1.68. The van der Waals surface area contributed by atoms with E-state index in [9.17, 15) is 9.18 Å². The first-order valence-corrected chi connectivity index (χ1v) is 4.84. The van der Waals surface area contributed by atoms with Gasteiger partial charge in [0.2, 0.25) is 0 Å². The molecule has 0 saturated heterocycles. The van der Waals surface area contributed by atoms with Crippen LogP contribution in [-0.2, 0) is 0 Å². The van der Waals surface area contributed by atoms with Gasteiger partial charge >= 0.3 is 0 Å². The molecule has 1 aliphatic carbocycles. The van der Waals surface area contributed by atoms with E-state index in [1.54, 1.807) is 19.1 Å². The van der Waals surface area contributed by atoms with Crippen molar-refractivity contribution in [2.75, 3.05) is 0 Å². The van der Waals surface area contributed by atoms with Gasteiger partial charge in [-0.15, -0.1) is 0 Å². The van der Waals surface area contributed by atoms with E-state index in [-0.39, 0.29) is 5.56 Å². The maximum atomic E-state index is 13.4. The van der Waals surface area contributed by atoms with Crippen molar-refractivity contribution < 1.29 is 9.18 Å². The second-order valence-corrected chi connectivity index (χ2v) is 3.64. The minimum Gasteiger partial charge on any atom is -0.298 e. The quantitative estimate of drug-likeness (QED) is 0.672. The number of hydrogen-bond acceptors (Lipinski definition) is 1. The summed E-state index contributed by atoms with van der Waals surface area (Å²) in [4.78, 5) is 10.7. The van der Waals surface area contributed by atoms with Crippen LogP contribution in [0.15, 0.2) is 30.4 Å². The predicted molar refractivity (Wildman–Crippen MR) is 58.3 cm³/mol. The lowest BCUT2D eigenvalue weighted by Crippen LogP contribution is -1.95. The topological polar surface area (TPSA) is 17.1 Å². The van der Waals surface area contributed by atoms with Crippen LogP contribution in [0.2, 0.25) is 0 Å². The average Bonchev–Trinajstić information content (AvgIpc) is 2.75. The van der Waals surface area contributed by atoms with Crippen LogP contribution in [0.1, 0.15) is 27.9 Å². The van der Waals surface area contributed by atoms with E-state index in [1.165, 1.54) is 0 Å². The minimum atomic E-state index is -0.416. The van der Waals surface area contributed by atoms with Crippen molar-refractivity contribution in [2.24, 2.45) is 0 Å². The molecule has 0 amide bonds. The Morgan fingerprint density at radius 3 is 2.80 bits per heavy atom. The highest BCUT2D eigenvalue weighted by Crippen LogP contribution is 2.26. The summed E-state index contributed by atoms with van der Waals surface area (Å²) >= 11 is 0. The molecule has 0 N–H and O–H groups in total. The van der Waals surface area contributed by atoms with Gasteiger partial charge in [0.15, 0.2) is 6.29 Å². The molecule has 1 aliphatic rings. The highest BCUT2D eigenvalue weighted by molar-refractivity contribution is 5.80. The molecule has 15 heavy (non-hydrogen) atoms. The number of carbonyl (C=O) groups is 1. The first-order chi connectivity index (χ1) is 7.22. The van der Waals surface area contributed by atoms with Gasteiger partial charge < -0.3 is 0 Å². The molecule has 0 heterocycles. The predicted octanol–water partition coefficient (Wildman–Crippen LogP) is 3.29. The number of benzene rings is 1. The van der Waals surface area contributed by atoms with Crippen LogP contribution in [0.3, 0.4) is 0 Å². The Morgan fingerprint density at radius 2 is 2.20 bits per heavy atom. The van der Waals surface area contributed by atoms with E-state index >= 15 is 0 Å². The number of aldehydes is 1. The number of rotatable bonds is 2. The molecule has 0 radical (unpaired) electrons. The summed E-state index contributed by atoms with van der Waals surface area (Å²) in [5, 5.41) is 0. The molecule has 0 atom stereocenters. The zero-order valence-electron chi connectivity index (χ0n) is 8.46. The van der Waals surface area contributed by atoms with Gasteiger partial charge in [-0.2, -0.15) is 0 Å².